The average molecular weight is 295 g/mol. The second-order valence-electron chi connectivity index (χ2n) is 5.44. The van der Waals surface area contributed by atoms with Crippen molar-refractivity contribution in [1.29, 1.82) is 0 Å². The maximum Gasteiger partial charge on any atom is 0.270 e. The van der Waals surface area contributed by atoms with Crippen molar-refractivity contribution >= 4 is 11.6 Å². The number of halogens is 1. The summed E-state index contributed by atoms with van der Waals surface area (Å²) >= 11 is 0. The molecule has 0 aliphatic carbocycles. The number of nitro benzene ring substituents is 1. The number of carbonyl (C=O) groups excluding carboxylic acids is 1. The maximum atomic E-state index is 13.8. The number of hydrogen-bond donors (Lipinski definition) is 1. The Morgan fingerprint density at radius 2 is 2.29 bits per heavy atom. The van der Waals surface area contributed by atoms with Crippen LogP contribution in [0.5, 0.6) is 0 Å². The molecule has 7 heteroatoms. The van der Waals surface area contributed by atoms with E-state index in [1.54, 1.807) is 0 Å². The van der Waals surface area contributed by atoms with Gasteiger partial charge in [-0.05, 0) is 24.8 Å². The lowest BCUT2D eigenvalue weighted by atomic mass is 9.92. The van der Waals surface area contributed by atoms with Gasteiger partial charge in [0.05, 0.1) is 10.5 Å². The van der Waals surface area contributed by atoms with Crippen LogP contribution in [-0.4, -0.2) is 34.9 Å². The molecule has 6 nitrogen and oxygen atoms in total. The minimum atomic E-state index is -0.750. The van der Waals surface area contributed by atoms with Crippen LogP contribution in [0.3, 0.4) is 0 Å². The Morgan fingerprint density at radius 1 is 1.57 bits per heavy atom. The summed E-state index contributed by atoms with van der Waals surface area (Å²) in [7, 11) is 0. The van der Waals surface area contributed by atoms with E-state index in [1.165, 1.54) is 4.90 Å². The number of nitrogens with zero attached hydrogens (tertiary/aromatic N) is 2. The Bertz CT molecular complexity index is 564. The number of benzene rings is 1. The molecule has 1 aliphatic rings. The Morgan fingerprint density at radius 3 is 2.90 bits per heavy atom. The van der Waals surface area contributed by atoms with Gasteiger partial charge in [-0.2, -0.15) is 0 Å². The highest BCUT2D eigenvalue weighted by atomic mass is 19.1. The lowest BCUT2D eigenvalue weighted by Crippen LogP contribution is -2.49. The van der Waals surface area contributed by atoms with E-state index in [4.69, 9.17) is 5.73 Å². The van der Waals surface area contributed by atoms with Crippen molar-refractivity contribution in [1.82, 2.24) is 4.90 Å². The zero-order chi connectivity index (χ0) is 15.6. The Labute approximate surface area is 121 Å². The molecule has 21 heavy (non-hydrogen) atoms. The van der Waals surface area contributed by atoms with Crippen molar-refractivity contribution in [2.75, 3.05) is 13.1 Å². The first kappa shape index (κ1) is 15.4. The van der Waals surface area contributed by atoms with Crippen LogP contribution in [0.4, 0.5) is 10.1 Å². The van der Waals surface area contributed by atoms with Gasteiger partial charge in [0, 0.05) is 31.3 Å². The molecule has 1 amide bonds. The summed E-state index contributed by atoms with van der Waals surface area (Å²) in [6.45, 7) is 2.87. The van der Waals surface area contributed by atoms with E-state index in [9.17, 15) is 19.3 Å². The van der Waals surface area contributed by atoms with Crippen molar-refractivity contribution in [3.05, 3.63) is 39.7 Å². The van der Waals surface area contributed by atoms with Gasteiger partial charge < -0.3 is 10.6 Å². The van der Waals surface area contributed by atoms with Crippen LogP contribution in [0.2, 0.25) is 0 Å². The fourth-order valence-electron chi connectivity index (χ4n) is 2.69. The molecule has 1 heterocycles. The number of rotatable bonds is 3. The summed E-state index contributed by atoms with van der Waals surface area (Å²) in [5.41, 5.74) is 5.13. The molecule has 1 aromatic rings. The molecule has 1 aromatic carbocycles. The first-order valence-corrected chi connectivity index (χ1v) is 6.89. The molecule has 1 aliphatic heterocycles. The molecule has 2 rings (SSSR count). The van der Waals surface area contributed by atoms with E-state index in [-0.39, 0.29) is 17.3 Å². The van der Waals surface area contributed by atoms with Crippen molar-refractivity contribution in [2.24, 2.45) is 11.7 Å². The van der Waals surface area contributed by atoms with Gasteiger partial charge in [0.1, 0.15) is 5.82 Å². The molecule has 0 saturated carbocycles. The smallest absolute Gasteiger partial charge is 0.270 e. The van der Waals surface area contributed by atoms with E-state index >= 15 is 0 Å². The third-order valence-corrected chi connectivity index (χ3v) is 3.90. The minimum Gasteiger partial charge on any atom is -0.334 e. The second-order valence-corrected chi connectivity index (χ2v) is 5.44. The number of amides is 1. The quantitative estimate of drug-likeness (QED) is 0.681. The first-order chi connectivity index (χ1) is 9.93. The van der Waals surface area contributed by atoms with Gasteiger partial charge in [-0.15, -0.1) is 0 Å². The number of carbonyl (C=O) groups is 1. The molecule has 2 unspecified atom stereocenters. The molecular weight excluding hydrogens is 277 g/mol. The monoisotopic (exact) mass is 295 g/mol. The molecular formula is C14H18FN3O3. The van der Waals surface area contributed by atoms with E-state index in [2.05, 4.69) is 6.92 Å². The minimum absolute atomic E-state index is 0.153. The van der Waals surface area contributed by atoms with Crippen molar-refractivity contribution in [2.45, 2.75) is 25.8 Å². The van der Waals surface area contributed by atoms with Crippen molar-refractivity contribution in [3.8, 4) is 0 Å². The summed E-state index contributed by atoms with van der Waals surface area (Å²) in [6, 6.07) is 2.84. The van der Waals surface area contributed by atoms with Gasteiger partial charge in [0.2, 0.25) is 0 Å². The van der Waals surface area contributed by atoms with Gasteiger partial charge >= 0.3 is 0 Å². The zero-order valence-corrected chi connectivity index (χ0v) is 11.8. The number of non-ortho nitro benzene ring substituents is 1. The number of nitro groups is 1. The maximum absolute atomic E-state index is 13.8. The SMILES string of the molecule is CC1CCN(C(=O)c2cc([N+](=O)[O-])ccc2F)C(CN)C1. The molecule has 0 spiro atoms. The van der Waals surface area contributed by atoms with Crippen LogP contribution in [0.1, 0.15) is 30.1 Å². The summed E-state index contributed by atoms with van der Waals surface area (Å²) in [5, 5.41) is 10.8. The summed E-state index contributed by atoms with van der Waals surface area (Å²) in [5.74, 6) is -0.823. The van der Waals surface area contributed by atoms with Crippen LogP contribution in [0.15, 0.2) is 18.2 Å². The predicted octanol–water partition coefficient (Wildman–Crippen LogP) is 1.93. The standard InChI is InChI=1S/C14H18FN3O3/c1-9-4-5-17(11(6-9)8-16)14(19)12-7-10(18(20)21)2-3-13(12)15/h2-3,7,9,11H,4-6,8,16H2,1H3. The highest BCUT2D eigenvalue weighted by Gasteiger charge is 2.31. The highest BCUT2D eigenvalue weighted by Crippen LogP contribution is 2.25. The third kappa shape index (κ3) is 3.18. The Hall–Kier alpha value is -2.02. The van der Waals surface area contributed by atoms with Gasteiger partial charge in [-0.3, -0.25) is 14.9 Å². The van der Waals surface area contributed by atoms with Crippen molar-refractivity contribution in [3.63, 3.8) is 0 Å². The number of likely N-dealkylation sites (tertiary alicyclic amines) is 1. The number of hydrogen-bond acceptors (Lipinski definition) is 4. The molecule has 0 bridgehead atoms. The van der Waals surface area contributed by atoms with Crippen LogP contribution in [0.25, 0.3) is 0 Å². The number of nitrogens with two attached hydrogens (primary N) is 1. The molecule has 0 radical (unpaired) electrons. The van der Waals surface area contributed by atoms with Gasteiger partial charge in [-0.1, -0.05) is 6.92 Å². The van der Waals surface area contributed by atoms with Gasteiger partial charge in [0.25, 0.3) is 11.6 Å². The largest absolute Gasteiger partial charge is 0.334 e. The molecule has 1 saturated heterocycles. The van der Waals surface area contributed by atoms with E-state index < -0.39 is 16.6 Å². The van der Waals surface area contributed by atoms with E-state index in [0.717, 1.165) is 31.0 Å². The summed E-state index contributed by atoms with van der Waals surface area (Å²) < 4.78 is 13.8. The summed E-state index contributed by atoms with van der Waals surface area (Å²) in [6.07, 6.45) is 1.58. The van der Waals surface area contributed by atoms with Crippen LogP contribution in [0, 0.1) is 21.8 Å². The highest BCUT2D eigenvalue weighted by molar-refractivity contribution is 5.95. The normalized spacial score (nSPS) is 22.1. The lowest BCUT2D eigenvalue weighted by molar-refractivity contribution is -0.384. The summed E-state index contributed by atoms with van der Waals surface area (Å²) in [4.78, 5) is 24.1. The van der Waals surface area contributed by atoms with Crippen molar-refractivity contribution < 1.29 is 14.1 Å². The zero-order valence-electron chi connectivity index (χ0n) is 11.8. The van der Waals surface area contributed by atoms with E-state index in [1.807, 2.05) is 0 Å². The predicted molar refractivity (Wildman–Crippen MR) is 75.3 cm³/mol. The molecule has 2 N–H and O–H groups in total. The molecule has 2 atom stereocenters. The lowest BCUT2D eigenvalue weighted by Gasteiger charge is -2.38. The molecule has 114 valence electrons. The van der Waals surface area contributed by atoms with Crippen LogP contribution in [-0.2, 0) is 0 Å². The van der Waals surface area contributed by atoms with Crippen LogP contribution < -0.4 is 5.73 Å². The van der Waals surface area contributed by atoms with Gasteiger partial charge in [0.15, 0.2) is 0 Å². The van der Waals surface area contributed by atoms with E-state index in [0.29, 0.717) is 19.0 Å². The third-order valence-electron chi connectivity index (χ3n) is 3.90. The first-order valence-electron chi connectivity index (χ1n) is 6.89. The van der Waals surface area contributed by atoms with Crippen LogP contribution >= 0.6 is 0 Å². The van der Waals surface area contributed by atoms with Gasteiger partial charge in [-0.25, -0.2) is 4.39 Å². The fraction of sp³-hybridized carbons (Fsp3) is 0.500. The average Bonchev–Trinajstić information content (AvgIpc) is 2.46. The second kappa shape index (κ2) is 6.17. The Balaban J connectivity index is 2.30. The molecule has 1 fully saturated rings. The topological polar surface area (TPSA) is 89.5 Å². The number of piperidine rings is 1. The molecule has 0 aromatic heterocycles. The Kier molecular flexibility index (Phi) is 4.52. The fourth-order valence-corrected chi connectivity index (χ4v) is 2.69.